The van der Waals surface area contributed by atoms with Crippen molar-refractivity contribution >= 4 is 32.1 Å². The van der Waals surface area contributed by atoms with Crippen molar-refractivity contribution in [1.29, 1.82) is 0 Å². The summed E-state index contributed by atoms with van der Waals surface area (Å²) in [6.45, 7) is 0. The first-order valence-corrected chi connectivity index (χ1v) is 9.05. The smallest absolute Gasteiger partial charge is 0.260 e. The fraction of sp³-hybridized carbons (Fsp3) is 0.545. The number of imidazole rings is 1. The van der Waals surface area contributed by atoms with Crippen LogP contribution < -0.4 is 16.0 Å². The zero-order valence-electron chi connectivity index (χ0n) is 11.0. The summed E-state index contributed by atoms with van der Waals surface area (Å²) in [6.07, 6.45) is 4.46. The number of hydrazine groups is 1. The zero-order chi connectivity index (χ0) is 14.6. The van der Waals surface area contributed by atoms with E-state index in [9.17, 15) is 8.42 Å². The summed E-state index contributed by atoms with van der Waals surface area (Å²) < 4.78 is 35.4. The van der Waals surface area contributed by atoms with Crippen LogP contribution in [0, 0.1) is 0 Å². The maximum atomic E-state index is 12.7. The molecule has 0 aromatic carbocycles. The first-order valence-electron chi connectivity index (χ1n) is 6.68. The summed E-state index contributed by atoms with van der Waals surface area (Å²) >= 11 is 1.35. The number of nitrogens with two attached hydrogens (primary N) is 1. The van der Waals surface area contributed by atoms with E-state index in [1.807, 2.05) is 0 Å². The van der Waals surface area contributed by atoms with Crippen LogP contribution in [0.2, 0.25) is 0 Å². The fourth-order valence-corrected chi connectivity index (χ4v) is 5.43. The van der Waals surface area contributed by atoms with Crippen molar-refractivity contribution < 1.29 is 13.2 Å². The van der Waals surface area contributed by atoms with Gasteiger partial charge >= 0.3 is 0 Å². The second-order valence-corrected chi connectivity index (χ2v) is 7.81. The normalized spacial score (nSPS) is 28.5. The number of thiazole rings is 1. The summed E-state index contributed by atoms with van der Waals surface area (Å²) in [7, 11) is -3.73. The van der Waals surface area contributed by atoms with Gasteiger partial charge < -0.3 is 10.2 Å². The predicted molar refractivity (Wildman–Crippen MR) is 77.5 cm³/mol. The molecule has 3 unspecified atom stereocenters. The molecule has 4 rings (SSSR count). The molecule has 8 nitrogen and oxygen atoms in total. The summed E-state index contributed by atoms with van der Waals surface area (Å²) in [5.41, 5.74) is 2.36. The van der Waals surface area contributed by atoms with Gasteiger partial charge in [-0.25, -0.2) is 19.0 Å². The van der Waals surface area contributed by atoms with Crippen LogP contribution >= 0.6 is 11.3 Å². The molecule has 2 fully saturated rings. The second kappa shape index (κ2) is 4.65. The Labute approximate surface area is 125 Å². The Hall–Kier alpha value is -1.20. The van der Waals surface area contributed by atoms with Crippen molar-refractivity contribution in [2.75, 3.05) is 5.43 Å². The number of rotatable bonds is 4. The Morgan fingerprint density at radius 1 is 1.48 bits per heavy atom. The average molecular weight is 329 g/mol. The van der Waals surface area contributed by atoms with Gasteiger partial charge in [0.25, 0.3) is 10.0 Å². The maximum absolute atomic E-state index is 12.7. The minimum absolute atomic E-state index is 0.0232. The summed E-state index contributed by atoms with van der Waals surface area (Å²) in [4.78, 5) is 4.75. The number of hydrogen-bond donors (Lipinski definition) is 3. The number of fused-ring (bicyclic) bond motifs is 3. The van der Waals surface area contributed by atoms with Crippen molar-refractivity contribution in [3.8, 4) is 0 Å². The Morgan fingerprint density at radius 2 is 2.33 bits per heavy atom. The van der Waals surface area contributed by atoms with Gasteiger partial charge in [-0.2, -0.15) is 4.98 Å². The van der Waals surface area contributed by atoms with Crippen molar-refractivity contribution in [3.63, 3.8) is 0 Å². The number of sulfonamides is 1. The molecule has 0 aliphatic carbocycles. The van der Waals surface area contributed by atoms with Crippen LogP contribution in [-0.4, -0.2) is 36.1 Å². The van der Waals surface area contributed by atoms with E-state index in [1.54, 1.807) is 11.6 Å². The molecule has 3 atom stereocenters. The van der Waals surface area contributed by atoms with Crippen LogP contribution in [0.1, 0.15) is 19.3 Å². The standard InChI is InChI=1S/C11H15N5O3S2/c12-14-9-10(16-3-4-20-11(16)13-9)21(17,18)15-7-5-6-1-2-8(7)19-6/h3-4,6-8,14-15H,1-2,5,12H2. The summed E-state index contributed by atoms with van der Waals surface area (Å²) in [6, 6.07) is -0.177. The number of anilines is 1. The van der Waals surface area contributed by atoms with E-state index < -0.39 is 10.0 Å². The average Bonchev–Trinajstić information content (AvgIpc) is 3.16. The molecular formula is C11H15N5O3S2. The molecule has 2 aliphatic rings. The summed E-state index contributed by atoms with van der Waals surface area (Å²) in [5, 5.41) is 1.83. The predicted octanol–water partition coefficient (Wildman–Crippen LogP) is 0.280. The molecule has 2 aliphatic heterocycles. The molecule has 4 heterocycles. The van der Waals surface area contributed by atoms with Crippen LogP contribution in [0.25, 0.3) is 4.96 Å². The van der Waals surface area contributed by atoms with E-state index in [4.69, 9.17) is 10.6 Å². The van der Waals surface area contributed by atoms with Crippen molar-refractivity contribution in [2.45, 2.75) is 42.5 Å². The van der Waals surface area contributed by atoms with Gasteiger partial charge in [0, 0.05) is 11.6 Å². The third kappa shape index (κ3) is 2.06. The largest absolute Gasteiger partial charge is 0.373 e. The Morgan fingerprint density at radius 3 is 3.00 bits per heavy atom. The van der Waals surface area contributed by atoms with Gasteiger partial charge in [0.05, 0.1) is 18.2 Å². The van der Waals surface area contributed by atoms with Gasteiger partial charge in [-0.3, -0.25) is 4.40 Å². The van der Waals surface area contributed by atoms with E-state index in [2.05, 4.69) is 15.1 Å². The molecule has 4 N–H and O–H groups in total. The Bertz CT molecular complexity index is 783. The first kappa shape index (κ1) is 13.5. The van der Waals surface area contributed by atoms with Crippen molar-refractivity contribution in [2.24, 2.45) is 5.84 Å². The molecule has 21 heavy (non-hydrogen) atoms. The minimum Gasteiger partial charge on any atom is -0.373 e. The number of aromatic nitrogens is 2. The van der Waals surface area contributed by atoms with Crippen LogP contribution in [0.15, 0.2) is 16.6 Å². The number of nitrogen functional groups attached to an aromatic ring is 1. The van der Waals surface area contributed by atoms with Gasteiger partial charge in [-0.15, -0.1) is 11.3 Å². The lowest BCUT2D eigenvalue weighted by Crippen LogP contribution is -2.41. The monoisotopic (exact) mass is 329 g/mol. The van der Waals surface area contributed by atoms with Crippen LogP contribution in [0.4, 0.5) is 5.82 Å². The lowest BCUT2D eigenvalue weighted by atomic mass is 9.96. The fourth-order valence-electron chi connectivity index (χ4n) is 3.13. The van der Waals surface area contributed by atoms with E-state index in [0.29, 0.717) is 4.96 Å². The highest BCUT2D eigenvalue weighted by atomic mass is 32.2. The zero-order valence-corrected chi connectivity index (χ0v) is 12.7. The quantitative estimate of drug-likeness (QED) is 0.549. The number of nitrogens with zero attached hydrogens (tertiary/aromatic N) is 2. The van der Waals surface area contributed by atoms with Crippen molar-refractivity contribution in [1.82, 2.24) is 14.1 Å². The molecule has 0 amide bonds. The second-order valence-electron chi connectivity index (χ2n) is 5.30. The third-order valence-corrected chi connectivity index (χ3v) is 6.29. The Balaban J connectivity index is 1.71. The number of hydrogen-bond acceptors (Lipinski definition) is 7. The molecule has 10 heteroatoms. The highest BCUT2D eigenvalue weighted by Crippen LogP contribution is 2.35. The van der Waals surface area contributed by atoms with Crippen LogP contribution in [0.3, 0.4) is 0 Å². The molecule has 2 saturated heterocycles. The maximum Gasteiger partial charge on any atom is 0.260 e. The molecule has 0 saturated carbocycles. The van der Waals surface area contributed by atoms with Crippen molar-refractivity contribution in [3.05, 3.63) is 11.6 Å². The highest BCUT2D eigenvalue weighted by Gasteiger charge is 2.43. The molecule has 114 valence electrons. The SMILES string of the molecule is NNc1nc2sccn2c1S(=O)(=O)NC1CC2CCC1O2. The lowest BCUT2D eigenvalue weighted by Gasteiger charge is -2.19. The lowest BCUT2D eigenvalue weighted by molar-refractivity contribution is 0.0996. The van der Waals surface area contributed by atoms with Gasteiger partial charge in [-0.05, 0) is 19.3 Å². The van der Waals surface area contributed by atoms with Gasteiger partial charge in [0.15, 0.2) is 10.8 Å². The molecule has 2 aromatic heterocycles. The topological polar surface area (TPSA) is 111 Å². The molecule has 0 spiro atoms. The molecule has 2 bridgehead atoms. The van der Waals surface area contributed by atoms with Gasteiger partial charge in [0.1, 0.15) is 0 Å². The molecule has 0 radical (unpaired) electrons. The molecule has 2 aromatic rings. The van der Waals surface area contributed by atoms with Gasteiger partial charge in [0.2, 0.25) is 5.03 Å². The molecular weight excluding hydrogens is 314 g/mol. The van der Waals surface area contributed by atoms with E-state index >= 15 is 0 Å². The number of nitrogens with one attached hydrogen (secondary N) is 2. The Kier molecular flexibility index (Phi) is 2.98. The third-order valence-electron chi connectivity index (χ3n) is 4.02. The highest BCUT2D eigenvalue weighted by molar-refractivity contribution is 7.89. The van der Waals surface area contributed by atoms with E-state index in [-0.39, 0.29) is 29.1 Å². The number of ether oxygens (including phenoxy) is 1. The van der Waals surface area contributed by atoms with Crippen LogP contribution in [0.5, 0.6) is 0 Å². The minimum atomic E-state index is -3.73. The first-order chi connectivity index (χ1) is 10.1. The van der Waals surface area contributed by atoms with E-state index in [0.717, 1.165) is 19.3 Å². The van der Waals surface area contributed by atoms with E-state index in [1.165, 1.54) is 15.7 Å². The van der Waals surface area contributed by atoms with Gasteiger partial charge in [-0.1, -0.05) is 0 Å². The summed E-state index contributed by atoms with van der Waals surface area (Å²) in [5.74, 6) is 5.55. The van der Waals surface area contributed by atoms with Crippen LogP contribution in [-0.2, 0) is 14.8 Å².